The van der Waals surface area contributed by atoms with Crippen LogP contribution in [-0.2, 0) is 14.4 Å². The van der Waals surface area contributed by atoms with E-state index in [4.69, 9.17) is 15.9 Å². The van der Waals surface area contributed by atoms with E-state index in [1.54, 1.807) is 0 Å². The van der Waals surface area contributed by atoms with Crippen LogP contribution < -0.4 is 11.1 Å². The van der Waals surface area contributed by atoms with Crippen LogP contribution in [0.4, 0.5) is 0 Å². The lowest BCUT2D eigenvalue weighted by molar-refractivity contribution is -0.139. The summed E-state index contributed by atoms with van der Waals surface area (Å²) in [4.78, 5) is 32.9. The van der Waals surface area contributed by atoms with Crippen LogP contribution in [0.15, 0.2) is 0 Å². The van der Waals surface area contributed by atoms with Crippen molar-refractivity contribution in [2.24, 2.45) is 5.73 Å². The third-order valence-electron chi connectivity index (χ3n) is 2.88. The number of hydrogen-bond donors (Lipinski definition) is 5. The van der Waals surface area contributed by atoms with Gasteiger partial charge in [0.1, 0.15) is 6.04 Å². The highest BCUT2D eigenvalue weighted by Crippen LogP contribution is 2.16. The molecule has 0 aromatic heterocycles. The number of aliphatic hydroxyl groups is 1. The van der Waals surface area contributed by atoms with E-state index in [2.05, 4.69) is 5.32 Å². The van der Waals surface area contributed by atoms with E-state index in [9.17, 15) is 19.5 Å². The van der Waals surface area contributed by atoms with Crippen molar-refractivity contribution in [3.8, 4) is 0 Å². The van der Waals surface area contributed by atoms with Gasteiger partial charge in [-0.05, 0) is 6.42 Å². The van der Waals surface area contributed by atoms with Crippen LogP contribution in [0, 0.1) is 0 Å². The molecule has 1 fully saturated rings. The number of carboxylic acid groups (broad SMARTS) is 2. The fourth-order valence-corrected chi connectivity index (χ4v) is 1.87. The van der Waals surface area contributed by atoms with Gasteiger partial charge in [0.25, 0.3) is 0 Å². The number of aliphatic hydroxyl groups excluding tert-OH is 1. The molecule has 1 aliphatic rings. The maximum atomic E-state index is 11.8. The van der Waals surface area contributed by atoms with Crippen LogP contribution in [0.1, 0.15) is 19.3 Å². The number of nitrogens with two attached hydrogens (primary N) is 1. The summed E-state index contributed by atoms with van der Waals surface area (Å²) in [6.07, 6.45) is -1.48. The number of nitrogens with one attached hydrogen (secondary N) is 1. The molecule has 0 aliphatic carbocycles. The van der Waals surface area contributed by atoms with Gasteiger partial charge in [0.15, 0.2) is 5.78 Å². The standard InChI is InChI=1S/C10H16N2O6/c11-4(1-2-7(14)15)9(16)8-6(13)3-5(12-8)10(17)18/h4-6,8,12-13H,1-3,11H2,(H,14,15)(H,17,18)/t4-,5-,6+,8?/m0/s1. The lowest BCUT2D eigenvalue weighted by atomic mass is 9.99. The molecule has 1 unspecified atom stereocenters. The zero-order valence-electron chi connectivity index (χ0n) is 9.57. The minimum Gasteiger partial charge on any atom is -0.481 e. The molecule has 1 rings (SSSR count). The van der Waals surface area contributed by atoms with Crippen molar-refractivity contribution < 1.29 is 29.7 Å². The summed E-state index contributed by atoms with van der Waals surface area (Å²) in [6, 6.07) is -3.06. The molecule has 18 heavy (non-hydrogen) atoms. The first kappa shape index (κ1) is 14.6. The average Bonchev–Trinajstić information content (AvgIpc) is 2.67. The van der Waals surface area contributed by atoms with Gasteiger partial charge in [-0.25, -0.2) is 0 Å². The molecule has 4 atom stereocenters. The van der Waals surface area contributed by atoms with Crippen LogP contribution in [0.3, 0.4) is 0 Å². The molecule has 1 saturated heterocycles. The Labute approximate surface area is 103 Å². The molecule has 8 heteroatoms. The number of rotatable bonds is 6. The van der Waals surface area contributed by atoms with E-state index in [-0.39, 0.29) is 19.3 Å². The number of carbonyl (C=O) groups excluding carboxylic acids is 1. The third-order valence-corrected chi connectivity index (χ3v) is 2.88. The Kier molecular flexibility index (Phi) is 4.76. The first-order valence-corrected chi connectivity index (χ1v) is 5.51. The largest absolute Gasteiger partial charge is 0.481 e. The number of ketones is 1. The van der Waals surface area contributed by atoms with Crippen LogP contribution in [-0.4, -0.2) is 57.3 Å². The summed E-state index contributed by atoms with van der Waals surface area (Å²) < 4.78 is 0. The highest BCUT2D eigenvalue weighted by atomic mass is 16.4. The topological polar surface area (TPSA) is 150 Å². The lowest BCUT2D eigenvalue weighted by Crippen LogP contribution is -2.49. The minimum absolute atomic E-state index is 0.0448. The van der Waals surface area contributed by atoms with Crippen molar-refractivity contribution in [2.45, 2.75) is 43.5 Å². The molecule has 102 valence electrons. The molecule has 0 radical (unpaired) electrons. The van der Waals surface area contributed by atoms with Gasteiger partial charge in [-0.3, -0.25) is 19.7 Å². The highest BCUT2D eigenvalue weighted by molar-refractivity contribution is 5.91. The van der Waals surface area contributed by atoms with Gasteiger partial charge >= 0.3 is 11.9 Å². The molecule has 0 spiro atoms. The van der Waals surface area contributed by atoms with E-state index in [0.29, 0.717) is 0 Å². The van der Waals surface area contributed by atoms with Gasteiger partial charge < -0.3 is 21.1 Å². The van der Waals surface area contributed by atoms with E-state index in [1.807, 2.05) is 0 Å². The molecule has 0 aromatic rings. The van der Waals surface area contributed by atoms with Crippen molar-refractivity contribution in [3.05, 3.63) is 0 Å². The smallest absolute Gasteiger partial charge is 0.320 e. The number of aliphatic carboxylic acids is 2. The highest BCUT2D eigenvalue weighted by Gasteiger charge is 2.41. The maximum absolute atomic E-state index is 11.8. The summed E-state index contributed by atoms with van der Waals surface area (Å²) in [5.41, 5.74) is 5.52. The molecule has 0 saturated carbocycles. The van der Waals surface area contributed by atoms with Crippen molar-refractivity contribution in [1.82, 2.24) is 5.32 Å². The fraction of sp³-hybridized carbons (Fsp3) is 0.700. The number of carbonyl (C=O) groups is 3. The van der Waals surface area contributed by atoms with Gasteiger partial charge in [-0.2, -0.15) is 0 Å². The number of Topliss-reactive ketones (excluding diaryl/α,β-unsaturated/α-hetero) is 1. The second-order valence-corrected chi connectivity index (χ2v) is 4.28. The predicted molar refractivity (Wildman–Crippen MR) is 58.8 cm³/mol. The number of carboxylic acids is 2. The summed E-state index contributed by atoms with van der Waals surface area (Å²) in [7, 11) is 0. The molecule has 1 heterocycles. The molecule has 8 nitrogen and oxygen atoms in total. The van der Waals surface area contributed by atoms with E-state index in [0.717, 1.165) is 0 Å². The van der Waals surface area contributed by atoms with Crippen molar-refractivity contribution >= 4 is 17.7 Å². The second kappa shape index (κ2) is 5.89. The summed E-state index contributed by atoms with van der Waals surface area (Å²) >= 11 is 0. The van der Waals surface area contributed by atoms with E-state index in [1.165, 1.54) is 0 Å². The molecule has 0 amide bonds. The zero-order valence-corrected chi connectivity index (χ0v) is 9.57. The third kappa shape index (κ3) is 3.49. The zero-order chi connectivity index (χ0) is 13.9. The first-order chi connectivity index (χ1) is 8.32. The molecular weight excluding hydrogens is 244 g/mol. The Bertz CT molecular complexity index is 358. The van der Waals surface area contributed by atoms with Gasteiger partial charge in [-0.15, -0.1) is 0 Å². The van der Waals surface area contributed by atoms with Gasteiger partial charge in [0, 0.05) is 12.8 Å². The predicted octanol–water partition coefficient (Wildman–Crippen LogP) is -2.08. The summed E-state index contributed by atoms with van der Waals surface area (Å²) in [5, 5.41) is 29.3. The quantitative estimate of drug-likeness (QED) is 0.365. The summed E-state index contributed by atoms with van der Waals surface area (Å²) in [6.45, 7) is 0. The molecule has 0 aromatic carbocycles. The van der Waals surface area contributed by atoms with E-state index < -0.39 is 42.0 Å². The Morgan fingerprint density at radius 2 is 1.94 bits per heavy atom. The average molecular weight is 260 g/mol. The Balaban J connectivity index is 2.56. The fourth-order valence-electron chi connectivity index (χ4n) is 1.87. The summed E-state index contributed by atoms with van der Waals surface area (Å²) in [5.74, 6) is -2.78. The van der Waals surface area contributed by atoms with Gasteiger partial charge in [0.05, 0.1) is 18.2 Å². The Hall–Kier alpha value is -1.51. The molecule has 0 bridgehead atoms. The first-order valence-electron chi connectivity index (χ1n) is 5.51. The lowest BCUT2D eigenvalue weighted by Gasteiger charge is -2.18. The molecular formula is C10H16N2O6. The van der Waals surface area contributed by atoms with Crippen LogP contribution in [0.2, 0.25) is 0 Å². The van der Waals surface area contributed by atoms with Crippen molar-refractivity contribution in [3.63, 3.8) is 0 Å². The molecule has 6 N–H and O–H groups in total. The van der Waals surface area contributed by atoms with Crippen molar-refractivity contribution in [1.29, 1.82) is 0 Å². The van der Waals surface area contributed by atoms with Crippen LogP contribution in [0.5, 0.6) is 0 Å². The van der Waals surface area contributed by atoms with Crippen LogP contribution in [0.25, 0.3) is 0 Å². The normalized spacial score (nSPS) is 28.9. The maximum Gasteiger partial charge on any atom is 0.320 e. The SMILES string of the molecule is N[C@@H](CCC(=O)O)C(=O)C1N[C@H](C(=O)O)C[C@H]1O. The van der Waals surface area contributed by atoms with Crippen molar-refractivity contribution in [2.75, 3.05) is 0 Å². The monoisotopic (exact) mass is 260 g/mol. The minimum atomic E-state index is -1.15. The number of hydrogen-bond acceptors (Lipinski definition) is 6. The van der Waals surface area contributed by atoms with E-state index >= 15 is 0 Å². The van der Waals surface area contributed by atoms with Gasteiger partial charge in [-0.1, -0.05) is 0 Å². The Morgan fingerprint density at radius 1 is 1.33 bits per heavy atom. The van der Waals surface area contributed by atoms with Crippen LogP contribution >= 0.6 is 0 Å². The molecule has 1 aliphatic heterocycles. The second-order valence-electron chi connectivity index (χ2n) is 4.28. The van der Waals surface area contributed by atoms with Gasteiger partial charge in [0.2, 0.25) is 0 Å². The Morgan fingerprint density at radius 3 is 2.39 bits per heavy atom.